The van der Waals surface area contributed by atoms with Gasteiger partial charge in [0, 0.05) is 5.54 Å². The van der Waals surface area contributed by atoms with Crippen molar-refractivity contribution in [2.24, 2.45) is 0 Å². The Hall–Kier alpha value is -1.02. The van der Waals surface area contributed by atoms with Crippen molar-refractivity contribution in [3.8, 4) is 5.75 Å². The Bertz CT molecular complexity index is 268. The van der Waals surface area contributed by atoms with Crippen molar-refractivity contribution >= 4 is 0 Å². The molecule has 0 heterocycles. The largest absolute Gasteiger partial charge is 0.508 e. The normalized spacial score (nSPS) is 11.6. The van der Waals surface area contributed by atoms with Crippen LogP contribution in [0.15, 0.2) is 24.3 Å². The Balaban J connectivity index is 3.03. The molecule has 66 valence electrons. The third-order valence-electron chi connectivity index (χ3n) is 2.19. The lowest BCUT2D eigenvalue weighted by atomic mass is 9.94. The van der Waals surface area contributed by atoms with Crippen molar-refractivity contribution in [2.75, 3.05) is 7.05 Å². The van der Waals surface area contributed by atoms with Gasteiger partial charge in [0.2, 0.25) is 0 Å². The number of phenolic OH excluding ortho intramolecular Hbond substituents is 1. The molecule has 1 rings (SSSR count). The van der Waals surface area contributed by atoms with Gasteiger partial charge < -0.3 is 10.4 Å². The summed E-state index contributed by atoms with van der Waals surface area (Å²) >= 11 is 0. The summed E-state index contributed by atoms with van der Waals surface area (Å²) in [6.45, 7) is 4.14. The van der Waals surface area contributed by atoms with Crippen LogP contribution in [0.1, 0.15) is 19.4 Å². The van der Waals surface area contributed by atoms with E-state index >= 15 is 0 Å². The fraction of sp³-hybridized carbons (Fsp3) is 0.400. The van der Waals surface area contributed by atoms with Gasteiger partial charge in [0.25, 0.3) is 0 Å². The summed E-state index contributed by atoms with van der Waals surface area (Å²) in [6, 6.07) is 7.30. The molecule has 0 aliphatic rings. The van der Waals surface area contributed by atoms with Gasteiger partial charge in [-0.2, -0.15) is 0 Å². The van der Waals surface area contributed by atoms with E-state index < -0.39 is 0 Å². The summed E-state index contributed by atoms with van der Waals surface area (Å²) in [7, 11) is 1.91. The Morgan fingerprint density at radius 2 is 2.00 bits per heavy atom. The van der Waals surface area contributed by atoms with Crippen LogP contribution < -0.4 is 5.32 Å². The van der Waals surface area contributed by atoms with Gasteiger partial charge >= 0.3 is 0 Å². The Morgan fingerprint density at radius 1 is 1.33 bits per heavy atom. The minimum atomic E-state index is -0.0846. The minimum Gasteiger partial charge on any atom is -0.508 e. The van der Waals surface area contributed by atoms with Gasteiger partial charge in [0.05, 0.1) is 0 Å². The van der Waals surface area contributed by atoms with E-state index in [2.05, 4.69) is 19.2 Å². The predicted octanol–water partition coefficient (Wildman–Crippen LogP) is 1.85. The number of hydrogen-bond donors (Lipinski definition) is 2. The number of hydrogen-bond acceptors (Lipinski definition) is 2. The summed E-state index contributed by atoms with van der Waals surface area (Å²) in [4.78, 5) is 0. The van der Waals surface area contributed by atoms with E-state index in [1.165, 1.54) is 0 Å². The van der Waals surface area contributed by atoms with Crippen molar-refractivity contribution in [1.82, 2.24) is 5.32 Å². The van der Waals surface area contributed by atoms with Crippen molar-refractivity contribution in [2.45, 2.75) is 19.4 Å². The second kappa shape index (κ2) is 3.15. The second-order valence-corrected chi connectivity index (χ2v) is 3.43. The SMILES string of the molecule is CNC(C)(C)c1cccc(O)c1. The molecular formula is C10H15NO. The van der Waals surface area contributed by atoms with Gasteiger partial charge in [-0.25, -0.2) is 0 Å². The molecular weight excluding hydrogens is 150 g/mol. The Kier molecular flexibility index (Phi) is 2.38. The molecule has 2 heteroatoms. The predicted molar refractivity (Wildman–Crippen MR) is 50.2 cm³/mol. The lowest BCUT2D eigenvalue weighted by molar-refractivity contribution is 0.435. The zero-order valence-electron chi connectivity index (χ0n) is 7.76. The fourth-order valence-corrected chi connectivity index (χ4v) is 1.04. The third kappa shape index (κ3) is 1.77. The first kappa shape index (κ1) is 9.07. The molecule has 0 aromatic heterocycles. The average Bonchev–Trinajstić information content (AvgIpc) is 2.05. The maximum absolute atomic E-state index is 9.24. The molecule has 0 bridgehead atoms. The number of aromatic hydroxyl groups is 1. The highest BCUT2D eigenvalue weighted by molar-refractivity contribution is 5.31. The first-order valence-electron chi connectivity index (χ1n) is 4.04. The average molecular weight is 165 g/mol. The second-order valence-electron chi connectivity index (χ2n) is 3.43. The summed E-state index contributed by atoms with van der Waals surface area (Å²) in [6.07, 6.45) is 0. The molecule has 0 unspecified atom stereocenters. The van der Waals surface area contributed by atoms with Crippen LogP contribution in [0.25, 0.3) is 0 Å². The molecule has 0 amide bonds. The number of nitrogens with one attached hydrogen (secondary N) is 1. The van der Waals surface area contributed by atoms with Gasteiger partial charge in [-0.15, -0.1) is 0 Å². The van der Waals surface area contributed by atoms with Crippen LogP contribution in [0, 0.1) is 0 Å². The molecule has 12 heavy (non-hydrogen) atoms. The minimum absolute atomic E-state index is 0.0846. The maximum atomic E-state index is 9.24. The smallest absolute Gasteiger partial charge is 0.115 e. The zero-order chi connectivity index (χ0) is 9.19. The van der Waals surface area contributed by atoms with Crippen LogP contribution in [-0.2, 0) is 5.54 Å². The van der Waals surface area contributed by atoms with E-state index in [1.54, 1.807) is 12.1 Å². The molecule has 0 spiro atoms. The van der Waals surface area contributed by atoms with E-state index in [-0.39, 0.29) is 5.54 Å². The summed E-state index contributed by atoms with van der Waals surface area (Å²) < 4.78 is 0. The van der Waals surface area contributed by atoms with Gasteiger partial charge in [0.15, 0.2) is 0 Å². The van der Waals surface area contributed by atoms with Crippen LogP contribution in [-0.4, -0.2) is 12.2 Å². The first-order chi connectivity index (χ1) is 5.56. The van der Waals surface area contributed by atoms with Crippen LogP contribution in [0.5, 0.6) is 5.75 Å². The number of phenols is 1. The molecule has 0 radical (unpaired) electrons. The molecule has 0 saturated carbocycles. The number of benzene rings is 1. The Morgan fingerprint density at radius 3 is 2.50 bits per heavy atom. The molecule has 1 aromatic carbocycles. The number of rotatable bonds is 2. The highest BCUT2D eigenvalue weighted by atomic mass is 16.3. The van der Waals surface area contributed by atoms with Gasteiger partial charge in [-0.1, -0.05) is 12.1 Å². The molecule has 2 N–H and O–H groups in total. The van der Waals surface area contributed by atoms with Crippen LogP contribution >= 0.6 is 0 Å². The molecule has 1 aromatic rings. The topological polar surface area (TPSA) is 32.3 Å². The molecule has 0 saturated heterocycles. The van der Waals surface area contributed by atoms with Gasteiger partial charge in [-0.05, 0) is 38.6 Å². The van der Waals surface area contributed by atoms with Crippen LogP contribution in [0.4, 0.5) is 0 Å². The zero-order valence-corrected chi connectivity index (χ0v) is 7.76. The first-order valence-corrected chi connectivity index (χ1v) is 4.04. The van der Waals surface area contributed by atoms with Crippen LogP contribution in [0.3, 0.4) is 0 Å². The van der Waals surface area contributed by atoms with Crippen molar-refractivity contribution in [3.63, 3.8) is 0 Å². The molecule has 0 fully saturated rings. The lowest BCUT2D eigenvalue weighted by Gasteiger charge is -2.24. The van der Waals surface area contributed by atoms with Gasteiger partial charge in [0.1, 0.15) is 5.75 Å². The van der Waals surface area contributed by atoms with Crippen molar-refractivity contribution in [3.05, 3.63) is 29.8 Å². The molecule has 0 aliphatic carbocycles. The van der Waals surface area contributed by atoms with Gasteiger partial charge in [-0.3, -0.25) is 0 Å². The van der Waals surface area contributed by atoms with Crippen molar-refractivity contribution < 1.29 is 5.11 Å². The molecule has 2 nitrogen and oxygen atoms in total. The lowest BCUT2D eigenvalue weighted by Crippen LogP contribution is -2.32. The van der Waals surface area contributed by atoms with Crippen molar-refractivity contribution in [1.29, 1.82) is 0 Å². The third-order valence-corrected chi connectivity index (χ3v) is 2.19. The maximum Gasteiger partial charge on any atom is 0.115 e. The molecule has 0 aliphatic heterocycles. The quantitative estimate of drug-likeness (QED) is 0.701. The van der Waals surface area contributed by atoms with E-state index in [4.69, 9.17) is 0 Å². The van der Waals surface area contributed by atoms with E-state index in [1.807, 2.05) is 19.2 Å². The monoisotopic (exact) mass is 165 g/mol. The van der Waals surface area contributed by atoms with E-state index in [0.717, 1.165) is 5.56 Å². The van der Waals surface area contributed by atoms with E-state index in [9.17, 15) is 5.11 Å². The standard InChI is InChI=1S/C10H15NO/c1-10(2,11-3)8-5-4-6-9(12)7-8/h4-7,11-12H,1-3H3. The summed E-state index contributed by atoms with van der Waals surface area (Å²) in [5, 5.41) is 12.4. The van der Waals surface area contributed by atoms with E-state index in [0.29, 0.717) is 5.75 Å². The highest BCUT2D eigenvalue weighted by Gasteiger charge is 2.17. The summed E-state index contributed by atoms with van der Waals surface area (Å²) in [5.41, 5.74) is 1.00. The highest BCUT2D eigenvalue weighted by Crippen LogP contribution is 2.22. The fourth-order valence-electron chi connectivity index (χ4n) is 1.04. The molecule has 0 atom stereocenters. The van der Waals surface area contributed by atoms with Crippen LogP contribution in [0.2, 0.25) is 0 Å². The Labute approximate surface area is 73.2 Å². The summed E-state index contributed by atoms with van der Waals surface area (Å²) in [5.74, 6) is 0.316.